The largest absolute Gasteiger partial charge is 0.345 e. The first kappa shape index (κ1) is 15.9. The Morgan fingerprint density at radius 1 is 1.12 bits per heavy atom. The van der Waals surface area contributed by atoms with Gasteiger partial charge < -0.3 is 9.80 Å². The molecule has 0 saturated heterocycles. The molecule has 0 fully saturated rings. The van der Waals surface area contributed by atoms with Crippen molar-refractivity contribution in [2.45, 2.75) is 33.7 Å². The molecule has 17 heavy (non-hydrogen) atoms. The average molecular weight is 243 g/mol. The molecular weight excluding hydrogens is 218 g/mol. The smallest absolute Gasteiger partial charge is 0.239 e. The van der Waals surface area contributed by atoms with Gasteiger partial charge in [0.2, 0.25) is 11.8 Å². The van der Waals surface area contributed by atoms with Crippen LogP contribution in [0.1, 0.15) is 27.7 Å². The Labute approximate surface area is 104 Å². The topological polar surface area (TPSA) is 52.7 Å². The first-order valence-corrected chi connectivity index (χ1v) is 6.23. The Kier molecular flexibility index (Phi) is 7.54. The van der Waals surface area contributed by atoms with Crippen LogP contribution in [0.4, 0.5) is 0 Å². The summed E-state index contributed by atoms with van der Waals surface area (Å²) in [6.45, 7) is 9.89. The fraction of sp³-hybridized carbons (Fsp3) is 0.833. The highest BCUT2D eigenvalue weighted by Gasteiger charge is 2.17. The molecule has 0 heterocycles. The minimum atomic E-state index is -0.320. The van der Waals surface area contributed by atoms with Crippen molar-refractivity contribution >= 4 is 11.8 Å². The van der Waals surface area contributed by atoms with Gasteiger partial charge in [-0.15, -0.1) is 0 Å². The average Bonchev–Trinajstić information content (AvgIpc) is 2.35. The van der Waals surface area contributed by atoms with Gasteiger partial charge in [-0.1, -0.05) is 0 Å². The predicted molar refractivity (Wildman–Crippen MR) is 68.7 cm³/mol. The van der Waals surface area contributed by atoms with Crippen molar-refractivity contribution < 1.29 is 9.59 Å². The van der Waals surface area contributed by atoms with Gasteiger partial charge in [0.1, 0.15) is 0 Å². The lowest BCUT2D eigenvalue weighted by Gasteiger charge is -2.23. The Morgan fingerprint density at radius 2 is 1.65 bits per heavy atom. The Morgan fingerprint density at radius 3 is 2.06 bits per heavy atom. The summed E-state index contributed by atoms with van der Waals surface area (Å²) in [6.07, 6.45) is 0. The first-order chi connectivity index (χ1) is 7.97. The third-order valence-electron chi connectivity index (χ3n) is 2.90. The molecule has 1 unspecified atom stereocenters. The summed E-state index contributed by atoms with van der Waals surface area (Å²) >= 11 is 0. The van der Waals surface area contributed by atoms with Crippen LogP contribution in [0.25, 0.3) is 0 Å². The zero-order chi connectivity index (χ0) is 13.4. The van der Waals surface area contributed by atoms with E-state index >= 15 is 0 Å². The van der Waals surface area contributed by atoms with Crippen molar-refractivity contribution in [2.24, 2.45) is 0 Å². The van der Waals surface area contributed by atoms with E-state index in [4.69, 9.17) is 0 Å². The highest BCUT2D eigenvalue weighted by atomic mass is 16.2. The van der Waals surface area contributed by atoms with E-state index in [1.807, 2.05) is 20.8 Å². The van der Waals surface area contributed by atoms with Gasteiger partial charge in [0, 0.05) is 26.7 Å². The van der Waals surface area contributed by atoms with Gasteiger partial charge in [0.25, 0.3) is 0 Å². The molecule has 1 atom stereocenters. The number of rotatable bonds is 7. The summed E-state index contributed by atoms with van der Waals surface area (Å²) in [4.78, 5) is 26.8. The molecule has 0 rings (SSSR count). The third kappa shape index (κ3) is 5.17. The van der Waals surface area contributed by atoms with Crippen LogP contribution in [0.15, 0.2) is 0 Å². The quantitative estimate of drug-likeness (QED) is 0.700. The number of carbonyl (C=O) groups excluding carboxylic acids is 2. The van der Waals surface area contributed by atoms with Crippen LogP contribution in [0.5, 0.6) is 0 Å². The maximum absolute atomic E-state index is 11.7. The summed E-state index contributed by atoms with van der Waals surface area (Å²) in [5, 5.41) is 2.96. The van der Waals surface area contributed by atoms with Crippen molar-refractivity contribution in [1.29, 1.82) is 0 Å². The molecule has 2 amide bonds. The summed E-state index contributed by atoms with van der Waals surface area (Å²) in [6, 6.07) is -0.320. The van der Waals surface area contributed by atoms with Gasteiger partial charge in [-0.05, 0) is 27.7 Å². The molecule has 0 aromatic rings. The van der Waals surface area contributed by atoms with Crippen LogP contribution in [0.3, 0.4) is 0 Å². The maximum Gasteiger partial charge on any atom is 0.239 e. The van der Waals surface area contributed by atoms with E-state index in [0.717, 1.165) is 0 Å². The van der Waals surface area contributed by atoms with E-state index in [0.29, 0.717) is 19.6 Å². The second-order valence-electron chi connectivity index (χ2n) is 4.02. The van der Waals surface area contributed by atoms with Gasteiger partial charge in [0.15, 0.2) is 0 Å². The van der Waals surface area contributed by atoms with E-state index in [2.05, 4.69) is 5.32 Å². The highest BCUT2D eigenvalue weighted by Crippen LogP contribution is 1.93. The fourth-order valence-electron chi connectivity index (χ4n) is 1.50. The lowest BCUT2D eigenvalue weighted by molar-refractivity contribution is -0.132. The van der Waals surface area contributed by atoms with Crippen LogP contribution in [0, 0.1) is 0 Å². The van der Waals surface area contributed by atoms with Crippen LogP contribution < -0.4 is 5.32 Å². The number of hydrogen-bond acceptors (Lipinski definition) is 3. The summed E-state index contributed by atoms with van der Waals surface area (Å²) in [5.41, 5.74) is 0. The van der Waals surface area contributed by atoms with Crippen molar-refractivity contribution in [2.75, 3.05) is 33.2 Å². The highest BCUT2D eigenvalue weighted by molar-refractivity contribution is 5.83. The molecule has 5 nitrogen and oxygen atoms in total. The van der Waals surface area contributed by atoms with Crippen LogP contribution >= 0.6 is 0 Å². The monoisotopic (exact) mass is 243 g/mol. The van der Waals surface area contributed by atoms with Gasteiger partial charge in [-0.25, -0.2) is 0 Å². The minimum Gasteiger partial charge on any atom is -0.345 e. The number of likely N-dealkylation sites (N-methyl/N-ethyl adjacent to an activating group) is 2. The molecule has 5 heteroatoms. The van der Waals surface area contributed by atoms with Gasteiger partial charge in [-0.3, -0.25) is 14.9 Å². The molecule has 0 aliphatic carbocycles. The van der Waals surface area contributed by atoms with Gasteiger partial charge in [0.05, 0.1) is 12.6 Å². The molecule has 1 N–H and O–H groups in total. The number of carbonyl (C=O) groups is 2. The van der Waals surface area contributed by atoms with E-state index in [1.165, 1.54) is 0 Å². The Balaban J connectivity index is 4.11. The number of nitrogens with one attached hydrogen (secondary N) is 1. The Hall–Kier alpha value is -1.10. The molecule has 0 spiro atoms. The molecule has 0 aliphatic heterocycles. The number of nitrogens with zero attached hydrogens (tertiary/aromatic N) is 2. The van der Waals surface area contributed by atoms with Crippen LogP contribution in [0.2, 0.25) is 0 Å². The summed E-state index contributed by atoms with van der Waals surface area (Å²) < 4.78 is 0. The van der Waals surface area contributed by atoms with E-state index < -0.39 is 0 Å². The molecular formula is C12H25N3O2. The lowest BCUT2D eigenvalue weighted by Crippen LogP contribution is -2.47. The molecule has 0 aliphatic rings. The van der Waals surface area contributed by atoms with Crippen molar-refractivity contribution in [1.82, 2.24) is 15.1 Å². The predicted octanol–water partition coefficient (Wildman–Crippen LogP) is 0.311. The normalized spacial score (nSPS) is 12.1. The molecule has 0 saturated carbocycles. The van der Waals surface area contributed by atoms with Crippen molar-refractivity contribution in [3.63, 3.8) is 0 Å². The zero-order valence-corrected chi connectivity index (χ0v) is 11.6. The van der Waals surface area contributed by atoms with Crippen molar-refractivity contribution in [3.05, 3.63) is 0 Å². The zero-order valence-electron chi connectivity index (χ0n) is 11.6. The Bertz CT molecular complexity index is 252. The van der Waals surface area contributed by atoms with E-state index in [-0.39, 0.29) is 24.4 Å². The van der Waals surface area contributed by atoms with Crippen LogP contribution in [-0.4, -0.2) is 60.9 Å². The number of amides is 2. The second kappa shape index (κ2) is 8.06. The van der Waals surface area contributed by atoms with Gasteiger partial charge >= 0.3 is 0 Å². The summed E-state index contributed by atoms with van der Waals surface area (Å²) in [5.74, 6) is 0.0497. The number of hydrogen-bond donors (Lipinski definition) is 1. The van der Waals surface area contributed by atoms with Crippen molar-refractivity contribution in [3.8, 4) is 0 Å². The minimum absolute atomic E-state index is 0.0137. The first-order valence-electron chi connectivity index (χ1n) is 6.23. The molecule has 0 aromatic carbocycles. The van der Waals surface area contributed by atoms with Crippen LogP contribution in [-0.2, 0) is 9.59 Å². The lowest BCUT2D eigenvalue weighted by atomic mass is 10.3. The molecule has 0 radical (unpaired) electrons. The molecule has 0 aromatic heterocycles. The SMILES string of the molecule is CCN(C)C(=O)C(C)NCC(=O)N(CC)CC. The second-order valence-corrected chi connectivity index (χ2v) is 4.02. The molecule has 0 bridgehead atoms. The fourth-order valence-corrected chi connectivity index (χ4v) is 1.50. The standard InChI is InChI=1S/C12H25N3O2/c1-6-14(5)12(17)10(4)13-9-11(16)15(7-2)8-3/h10,13H,6-9H2,1-5H3. The van der Waals surface area contributed by atoms with E-state index in [9.17, 15) is 9.59 Å². The third-order valence-corrected chi connectivity index (χ3v) is 2.90. The van der Waals surface area contributed by atoms with Gasteiger partial charge in [-0.2, -0.15) is 0 Å². The van der Waals surface area contributed by atoms with E-state index in [1.54, 1.807) is 23.8 Å². The molecule has 100 valence electrons. The summed E-state index contributed by atoms with van der Waals surface area (Å²) in [7, 11) is 1.76. The maximum atomic E-state index is 11.7.